The summed E-state index contributed by atoms with van der Waals surface area (Å²) in [6.07, 6.45) is 1.72. The first-order valence-electron chi connectivity index (χ1n) is 5.56. The van der Waals surface area contributed by atoms with Gasteiger partial charge in [-0.05, 0) is 12.0 Å². The van der Waals surface area contributed by atoms with Crippen LogP contribution in [0.4, 0.5) is 5.82 Å². The molecule has 0 saturated heterocycles. The van der Waals surface area contributed by atoms with E-state index in [2.05, 4.69) is 24.1 Å². The number of hydrogen-bond donors (Lipinski definition) is 1. The molecule has 0 aliphatic carbocycles. The maximum Gasteiger partial charge on any atom is 0.129 e. The first kappa shape index (κ1) is 12.8. The van der Waals surface area contributed by atoms with Crippen molar-refractivity contribution >= 4 is 5.82 Å². The Labute approximate surface area is 97.0 Å². The predicted molar refractivity (Wildman–Crippen MR) is 64.9 cm³/mol. The van der Waals surface area contributed by atoms with Crippen LogP contribution in [0.3, 0.4) is 0 Å². The summed E-state index contributed by atoms with van der Waals surface area (Å²) in [5.74, 6) is 2.19. The Morgan fingerprint density at radius 1 is 1.38 bits per heavy atom. The SMILES string of the molecule is CNc1cc(OCCOCC(C)C)ccn1. The lowest BCUT2D eigenvalue weighted by molar-refractivity contribution is 0.0819. The summed E-state index contributed by atoms with van der Waals surface area (Å²) < 4.78 is 10.9. The molecule has 0 aromatic carbocycles. The van der Waals surface area contributed by atoms with Crippen molar-refractivity contribution in [2.24, 2.45) is 5.92 Å². The second-order valence-corrected chi connectivity index (χ2v) is 3.94. The third-order valence-corrected chi connectivity index (χ3v) is 1.94. The van der Waals surface area contributed by atoms with Crippen LogP contribution in [-0.2, 0) is 4.74 Å². The summed E-state index contributed by atoms with van der Waals surface area (Å²) in [4.78, 5) is 4.10. The van der Waals surface area contributed by atoms with Gasteiger partial charge in [0.15, 0.2) is 0 Å². The number of rotatable bonds is 7. The zero-order chi connectivity index (χ0) is 11.8. The van der Waals surface area contributed by atoms with Gasteiger partial charge in [0, 0.05) is 25.9 Å². The zero-order valence-electron chi connectivity index (χ0n) is 10.2. The van der Waals surface area contributed by atoms with Gasteiger partial charge in [-0.25, -0.2) is 4.98 Å². The van der Waals surface area contributed by atoms with Crippen LogP contribution < -0.4 is 10.1 Å². The van der Waals surface area contributed by atoms with Gasteiger partial charge in [0.2, 0.25) is 0 Å². The van der Waals surface area contributed by atoms with E-state index in [0.717, 1.165) is 18.2 Å². The van der Waals surface area contributed by atoms with Gasteiger partial charge in [-0.1, -0.05) is 13.8 Å². The number of anilines is 1. The zero-order valence-corrected chi connectivity index (χ0v) is 10.2. The van der Waals surface area contributed by atoms with Gasteiger partial charge in [-0.2, -0.15) is 0 Å². The van der Waals surface area contributed by atoms with Gasteiger partial charge in [-0.15, -0.1) is 0 Å². The van der Waals surface area contributed by atoms with Gasteiger partial charge in [-0.3, -0.25) is 0 Å². The van der Waals surface area contributed by atoms with E-state index in [1.807, 2.05) is 19.2 Å². The van der Waals surface area contributed by atoms with Gasteiger partial charge in [0.05, 0.1) is 6.61 Å². The van der Waals surface area contributed by atoms with Gasteiger partial charge in [0.1, 0.15) is 18.2 Å². The summed E-state index contributed by atoms with van der Waals surface area (Å²) >= 11 is 0. The molecule has 1 aromatic heterocycles. The molecule has 0 atom stereocenters. The van der Waals surface area contributed by atoms with Crippen LogP contribution in [0.25, 0.3) is 0 Å². The second-order valence-electron chi connectivity index (χ2n) is 3.94. The summed E-state index contributed by atoms with van der Waals surface area (Å²) in [5, 5.41) is 2.96. The average molecular weight is 224 g/mol. The molecule has 0 bridgehead atoms. The Bertz CT molecular complexity index is 303. The monoisotopic (exact) mass is 224 g/mol. The van der Waals surface area contributed by atoms with Crippen molar-refractivity contribution in [3.63, 3.8) is 0 Å². The summed E-state index contributed by atoms with van der Waals surface area (Å²) in [6.45, 7) is 6.22. The number of pyridine rings is 1. The van der Waals surface area contributed by atoms with E-state index in [0.29, 0.717) is 19.1 Å². The van der Waals surface area contributed by atoms with E-state index in [4.69, 9.17) is 9.47 Å². The van der Waals surface area contributed by atoms with Crippen molar-refractivity contribution in [1.82, 2.24) is 4.98 Å². The standard InChI is InChI=1S/C12H20N2O2/c1-10(2)9-15-6-7-16-11-4-5-14-12(8-11)13-3/h4-5,8,10H,6-7,9H2,1-3H3,(H,13,14). The highest BCUT2D eigenvalue weighted by atomic mass is 16.5. The molecule has 90 valence electrons. The smallest absolute Gasteiger partial charge is 0.129 e. The van der Waals surface area contributed by atoms with Crippen molar-refractivity contribution in [3.05, 3.63) is 18.3 Å². The van der Waals surface area contributed by atoms with E-state index in [9.17, 15) is 0 Å². The first-order valence-corrected chi connectivity index (χ1v) is 5.56. The molecule has 1 N–H and O–H groups in total. The molecule has 0 aliphatic heterocycles. The van der Waals surface area contributed by atoms with Crippen LogP contribution in [0.1, 0.15) is 13.8 Å². The molecule has 0 spiro atoms. The molecule has 1 aromatic rings. The third kappa shape index (κ3) is 4.98. The molecule has 0 saturated carbocycles. The fourth-order valence-corrected chi connectivity index (χ4v) is 1.18. The number of ether oxygens (including phenoxy) is 2. The molecule has 0 amide bonds. The van der Waals surface area contributed by atoms with Crippen molar-refractivity contribution in [3.8, 4) is 5.75 Å². The molecule has 0 radical (unpaired) electrons. The lowest BCUT2D eigenvalue weighted by Gasteiger charge is -2.09. The normalized spacial score (nSPS) is 10.5. The van der Waals surface area contributed by atoms with E-state index < -0.39 is 0 Å². The highest BCUT2D eigenvalue weighted by Crippen LogP contribution is 2.13. The van der Waals surface area contributed by atoms with Crippen LogP contribution in [0, 0.1) is 5.92 Å². The van der Waals surface area contributed by atoms with Crippen LogP contribution in [-0.4, -0.2) is 31.9 Å². The molecule has 1 rings (SSSR count). The molecule has 1 heterocycles. The molecule has 0 aliphatic rings. The minimum atomic E-state index is 0.566. The molecule has 4 heteroatoms. The predicted octanol–water partition coefficient (Wildman–Crippen LogP) is 2.17. The van der Waals surface area contributed by atoms with Gasteiger partial charge < -0.3 is 14.8 Å². The Morgan fingerprint density at radius 3 is 2.88 bits per heavy atom. The van der Waals surface area contributed by atoms with Crippen LogP contribution in [0.5, 0.6) is 5.75 Å². The Hall–Kier alpha value is -1.29. The number of nitrogens with zero attached hydrogens (tertiary/aromatic N) is 1. The van der Waals surface area contributed by atoms with Crippen molar-refractivity contribution in [1.29, 1.82) is 0 Å². The quantitative estimate of drug-likeness (QED) is 0.721. The van der Waals surface area contributed by atoms with E-state index >= 15 is 0 Å². The van der Waals surface area contributed by atoms with Crippen molar-refractivity contribution < 1.29 is 9.47 Å². The molecule has 4 nitrogen and oxygen atoms in total. The Balaban J connectivity index is 2.21. The van der Waals surface area contributed by atoms with Crippen molar-refractivity contribution in [2.45, 2.75) is 13.8 Å². The fraction of sp³-hybridized carbons (Fsp3) is 0.583. The summed E-state index contributed by atoms with van der Waals surface area (Å²) in [5.41, 5.74) is 0. The Morgan fingerprint density at radius 2 is 2.19 bits per heavy atom. The Kier molecular flexibility index (Phi) is 5.64. The summed E-state index contributed by atoms with van der Waals surface area (Å²) in [6, 6.07) is 3.70. The highest BCUT2D eigenvalue weighted by molar-refractivity contribution is 5.39. The maximum absolute atomic E-state index is 5.53. The third-order valence-electron chi connectivity index (χ3n) is 1.94. The minimum absolute atomic E-state index is 0.566. The number of aromatic nitrogens is 1. The first-order chi connectivity index (χ1) is 7.72. The lowest BCUT2D eigenvalue weighted by atomic mass is 10.2. The fourth-order valence-electron chi connectivity index (χ4n) is 1.18. The second kappa shape index (κ2) is 7.06. The van der Waals surface area contributed by atoms with Gasteiger partial charge >= 0.3 is 0 Å². The minimum Gasteiger partial charge on any atom is -0.491 e. The van der Waals surface area contributed by atoms with E-state index in [1.165, 1.54) is 0 Å². The topological polar surface area (TPSA) is 43.4 Å². The average Bonchev–Trinajstić information content (AvgIpc) is 2.28. The van der Waals surface area contributed by atoms with Crippen molar-refractivity contribution in [2.75, 3.05) is 32.2 Å². The molecular weight excluding hydrogens is 204 g/mol. The highest BCUT2D eigenvalue weighted by Gasteiger charge is 1.97. The van der Waals surface area contributed by atoms with Crippen LogP contribution in [0.2, 0.25) is 0 Å². The largest absolute Gasteiger partial charge is 0.491 e. The van der Waals surface area contributed by atoms with Crippen LogP contribution >= 0.6 is 0 Å². The van der Waals surface area contributed by atoms with E-state index in [1.54, 1.807) is 6.20 Å². The van der Waals surface area contributed by atoms with Crippen LogP contribution in [0.15, 0.2) is 18.3 Å². The lowest BCUT2D eigenvalue weighted by Crippen LogP contribution is -2.10. The summed E-state index contributed by atoms with van der Waals surface area (Å²) in [7, 11) is 1.83. The molecule has 0 unspecified atom stereocenters. The number of nitrogens with one attached hydrogen (secondary N) is 1. The maximum atomic E-state index is 5.53. The molecular formula is C12H20N2O2. The molecule has 16 heavy (non-hydrogen) atoms. The van der Waals surface area contributed by atoms with E-state index in [-0.39, 0.29) is 0 Å². The molecule has 0 fully saturated rings. The number of hydrogen-bond acceptors (Lipinski definition) is 4. The van der Waals surface area contributed by atoms with Gasteiger partial charge in [0.25, 0.3) is 0 Å².